The molecule has 1 heterocycles. The van der Waals surface area contributed by atoms with Gasteiger partial charge in [-0.3, -0.25) is 9.59 Å². The van der Waals surface area contributed by atoms with E-state index < -0.39 is 28.7 Å². The van der Waals surface area contributed by atoms with Gasteiger partial charge < -0.3 is 9.47 Å². The first-order valence-electron chi connectivity index (χ1n) is 8.42. The Morgan fingerprint density at radius 1 is 1.28 bits per heavy atom. The normalized spacial score (nSPS) is 36.7. The highest BCUT2D eigenvalue weighted by atomic mass is 16.6. The van der Waals surface area contributed by atoms with Crippen molar-refractivity contribution in [3.05, 3.63) is 70.8 Å². The Morgan fingerprint density at radius 3 is 2.88 bits per heavy atom. The van der Waals surface area contributed by atoms with Crippen molar-refractivity contribution in [2.45, 2.75) is 18.3 Å². The van der Waals surface area contributed by atoms with Crippen molar-refractivity contribution in [3.8, 4) is 0 Å². The van der Waals surface area contributed by atoms with E-state index in [1.807, 2.05) is 37.3 Å². The van der Waals surface area contributed by atoms with Gasteiger partial charge in [-0.1, -0.05) is 24.3 Å². The lowest BCUT2D eigenvalue weighted by Crippen LogP contribution is -2.62. The van der Waals surface area contributed by atoms with E-state index in [2.05, 4.69) is 18.2 Å². The number of hydrogen-bond donors (Lipinski definition) is 0. The van der Waals surface area contributed by atoms with Crippen LogP contribution in [0.3, 0.4) is 0 Å². The van der Waals surface area contributed by atoms with Crippen molar-refractivity contribution in [1.29, 1.82) is 0 Å². The zero-order valence-corrected chi connectivity index (χ0v) is 14.0. The average molecular weight is 333 g/mol. The summed E-state index contributed by atoms with van der Waals surface area (Å²) in [6.07, 6.45) is 8.96. The molecular formula is C21H17O4+. The summed E-state index contributed by atoms with van der Waals surface area (Å²) in [5.74, 6) is -1.58. The molecule has 0 saturated carbocycles. The maximum atomic E-state index is 12.9. The third-order valence-electron chi connectivity index (χ3n) is 6.52. The summed E-state index contributed by atoms with van der Waals surface area (Å²) in [5, 5.41) is 0. The fraction of sp³-hybridized carbons (Fsp3) is 0.333. The molecule has 1 aromatic rings. The smallest absolute Gasteiger partial charge is 0.322 e. The molecule has 1 aromatic carbocycles. The van der Waals surface area contributed by atoms with Crippen molar-refractivity contribution in [2.75, 3.05) is 13.7 Å². The van der Waals surface area contributed by atoms with Crippen molar-refractivity contribution in [2.24, 2.45) is 11.3 Å². The van der Waals surface area contributed by atoms with E-state index in [9.17, 15) is 9.59 Å². The first-order chi connectivity index (χ1) is 12.1. The number of ether oxygens (including phenoxy) is 2. The molecule has 4 aliphatic carbocycles. The fourth-order valence-electron chi connectivity index (χ4n) is 5.53. The largest absolute Gasteiger partial charge is 0.392 e. The van der Waals surface area contributed by atoms with Gasteiger partial charge in [0.05, 0.1) is 29.7 Å². The van der Waals surface area contributed by atoms with Gasteiger partial charge in [-0.2, -0.15) is 0 Å². The molecule has 1 saturated heterocycles. The summed E-state index contributed by atoms with van der Waals surface area (Å²) in [7, 11) is 1.63. The standard InChI is InChI=1S/C21H17O4/c1-20-17(18(22)25-19(20)23)16-12-7-3-5-9-14(12)21(20,11-24-2)15-10-6-4-8-13(15)16/h3-5,7-10,16-17H,11H2,1-2H3/q+1. The number of benzene rings is 1. The number of allylic oxidation sites excluding steroid dienone is 5. The van der Waals surface area contributed by atoms with Gasteiger partial charge >= 0.3 is 11.9 Å². The van der Waals surface area contributed by atoms with E-state index in [4.69, 9.17) is 9.47 Å². The topological polar surface area (TPSA) is 52.6 Å². The van der Waals surface area contributed by atoms with Gasteiger partial charge in [-0.05, 0) is 18.1 Å². The first-order valence-corrected chi connectivity index (χ1v) is 8.42. The Labute approximate surface area is 145 Å². The van der Waals surface area contributed by atoms with Crippen LogP contribution >= 0.6 is 0 Å². The zero-order valence-electron chi connectivity index (χ0n) is 14.0. The molecule has 1 fully saturated rings. The minimum absolute atomic E-state index is 0.177. The van der Waals surface area contributed by atoms with E-state index in [0.717, 1.165) is 22.3 Å². The highest BCUT2D eigenvalue weighted by Gasteiger charge is 2.77. The summed E-state index contributed by atoms with van der Waals surface area (Å²) in [5.41, 5.74) is 2.50. The van der Waals surface area contributed by atoms with E-state index in [1.54, 1.807) is 7.11 Å². The predicted octanol–water partition coefficient (Wildman–Crippen LogP) is 2.61. The van der Waals surface area contributed by atoms with Gasteiger partial charge in [0.1, 0.15) is 23.0 Å². The minimum atomic E-state index is -0.985. The highest BCUT2D eigenvalue weighted by molar-refractivity contribution is 6.03. The molecule has 1 aliphatic heterocycles. The Morgan fingerprint density at radius 2 is 2.08 bits per heavy atom. The van der Waals surface area contributed by atoms with Gasteiger partial charge in [0.15, 0.2) is 0 Å². The third-order valence-corrected chi connectivity index (χ3v) is 6.52. The van der Waals surface area contributed by atoms with Crippen LogP contribution in [0.5, 0.6) is 0 Å². The molecule has 4 nitrogen and oxygen atoms in total. The lowest BCUT2D eigenvalue weighted by molar-refractivity contribution is -0.156. The number of methoxy groups -OCH3 is 1. The number of cyclic esters (lactones) is 2. The molecule has 25 heavy (non-hydrogen) atoms. The van der Waals surface area contributed by atoms with E-state index in [-0.39, 0.29) is 5.92 Å². The van der Waals surface area contributed by atoms with E-state index >= 15 is 0 Å². The van der Waals surface area contributed by atoms with Gasteiger partial charge in [0, 0.05) is 19.1 Å². The second-order valence-electron chi connectivity index (χ2n) is 7.31. The van der Waals surface area contributed by atoms with Crippen LogP contribution in [0.4, 0.5) is 0 Å². The highest BCUT2D eigenvalue weighted by Crippen LogP contribution is 2.70. The number of carbonyl (C=O) groups is 2. The molecule has 0 radical (unpaired) electrons. The first kappa shape index (κ1) is 14.8. The molecule has 124 valence electrons. The number of esters is 2. The number of rotatable bonds is 2. The molecule has 0 amide bonds. The lowest BCUT2D eigenvalue weighted by atomic mass is 9.41. The van der Waals surface area contributed by atoms with Crippen LogP contribution in [0.2, 0.25) is 0 Å². The van der Waals surface area contributed by atoms with Crippen LogP contribution in [0.1, 0.15) is 24.0 Å². The molecule has 4 unspecified atom stereocenters. The maximum absolute atomic E-state index is 12.9. The van der Waals surface area contributed by atoms with Crippen LogP contribution in [0.15, 0.2) is 53.6 Å². The lowest BCUT2D eigenvalue weighted by Gasteiger charge is -2.55. The van der Waals surface area contributed by atoms with Gasteiger partial charge in [-0.25, -0.2) is 0 Å². The monoisotopic (exact) mass is 333 g/mol. The van der Waals surface area contributed by atoms with Crippen LogP contribution in [-0.4, -0.2) is 25.7 Å². The minimum Gasteiger partial charge on any atom is -0.392 e. The molecule has 0 N–H and O–H groups in total. The van der Waals surface area contributed by atoms with E-state index in [1.165, 1.54) is 0 Å². The molecule has 0 spiro atoms. The molecule has 4 atom stereocenters. The molecule has 4 heteroatoms. The van der Waals surface area contributed by atoms with Crippen molar-refractivity contribution >= 4 is 11.9 Å². The Bertz CT molecular complexity index is 922. The van der Waals surface area contributed by atoms with Crippen LogP contribution in [0.25, 0.3) is 0 Å². The molecule has 2 bridgehead atoms. The number of hydrogen-bond acceptors (Lipinski definition) is 4. The van der Waals surface area contributed by atoms with Crippen LogP contribution < -0.4 is 0 Å². The third kappa shape index (κ3) is 1.39. The van der Waals surface area contributed by atoms with Crippen molar-refractivity contribution in [3.63, 3.8) is 0 Å². The van der Waals surface area contributed by atoms with Gasteiger partial charge in [-0.15, -0.1) is 0 Å². The summed E-state index contributed by atoms with van der Waals surface area (Å²) in [6, 6.07) is 8.06. The second-order valence-corrected chi connectivity index (χ2v) is 7.31. The van der Waals surface area contributed by atoms with Gasteiger partial charge in [0.25, 0.3) is 0 Å². The maximum Gasteiger partial charge on any atom is 0.322 e. The van der Waals surface area contributed by atoms with Crippen molar-refractivity contribution < 1.29 is 19.1 Å². The SMILES string of the molecule is COCC12C3=C(C=C[C+]=C3)C(c3ccccc31)C1C(=O)OC(=O)C12C. The van der Waals surface area contributed by atoms with Crippen molar-refractivity contribution in [1.82, 2.24) is 0 Å². The predicted molar refractivity (Wildman–Crippen MR) is 89.4 cm³/mol. The Balaban J connectivity index is 1.96. The molecule has 6 rings (SSSR count). The molecular weight excluding hydrogens is 316 g/mol. The summed E-state index contributed by atoms with van der Waals surface area (Å²) < 4.78 is 10.8. The average Bonchev–Trinajstić information content (AvgIpc) is 2.86. The second kappa shape index (κ2) is 4.54. The Hall–Kier alpha value is -2.55. The number of carbonyl (C=O) groups excluding carboxylic acids is 2. The van der Waals surface area contributed by atoms with Gasteiger partial charge in [0.2, 0.25) is 0 Å². The summed E-state index contributed by atoms with van der Waals surface area (Å²) >= 11 is 0. The quantitative estimate of drug-likeness (QED) is 0.474. The van der Waals surface area contributed by atoms with Crippen LogP contribution in [0, 0.1) is 17.4 Å². The van der Waals surface area contributed by atoms with Crippen LogP contribution in [-0.2, 0) is 24.5 Å². The van der Waals surface area contributed by atoms with E-state index in [0.29, 0.717) is 6.61 Å². The fourth-order valence-corrected chi connectivity index (χ4v) is 5.53. The molecule has 5 aliphatic rings. The molecule has 0 aromatic heterocycles. The zero-order chi connectivity index (χ0) is 17.4. The summed E-state index contributed by atoms with van der Waals surface area (Å²) in [4.78, 5) is 25.6. The summed E-state index contributed by atoms with van der Waals surface area (Å²) in [6.45, 7) is 2.17. The Kier molecular flexibility index (Phi) is 2.68.